The fraction of sp³-hybridized carbons (Fsp3) is 0. The number of hydrogen-bond acceptors (Lipinski definition) is 5. The number of hydrogen-bond donors (Lipinski definition) is 1. The molecule has 0 atom stereocenters. The summed E-state index contributed by atoms with van der Waals surface area (Å²) < 4.78 is 28.2. The molecule has 0 unspecified atom stereocenters. The van der Waals surface area contributed by atoms with Crippen LogP contribution >= 0.6 is 0 Å². The minimum atomic E-state index is -4.06. The number of carboxylic acid groups (broad SMARTS) is 1. The number of nitrogens with zero attached hydrogens (tertiary/aromatic N) is 1. The van der Waals surface area contributed by atoms with Gasteiger partial charge >= 0.3 is 16.1 Å². The van der Waals surface area contributed by atoms with Crippen molar-refractivity contribution in [2.75, 3.05) is 0 Å². The number of carboxylic acids is 1. The van der Waals surface area contributed by atoms with Gasteiger partial charge in [0.1, 0.15) is 4.90 Å². The molecular formula is C14H11NO5S. The van der Waals surface area contributed by atoms with Crippen LogP contribution in [0.3, 0.4) is 0 Å². The van der Waals surface area contributed by atoms with Crippen LogP contribution in [0.15, 0.2) is 64.6 Å². The number of oxime groups is 1. The van der Waals surface area contributed by atoms with E-state index in [1.807, 2.05) is 6.07 Å². The molecule has 108 valence electrons. The summed E-state index contributed by atoms with van der Waals surface area (Å²) in [6.07, 6.45) is 1.27. The first-order valence-electron chi connectivity index (χ1n) is 5.84. The van der Waals surface area contributed by atoms with Crippen molar-refractivity contribution >= 4 is 22.3 Å². The lowest BCUT2D eigenvalue weighted by Crippen LogP contribution is -2.04. The zero-order chi connectivity index (χ0) is 15.3. The van der Waals surface area contributed by atoms with E-state index >= 15 is 0 Å². The molecular weight excluding hydrogens is 294 g/mol. The van der Waals surface area contributed by atoms with Crippen molar-refractivity contribution < 1.29 is 22.6 Å². The molecule has 0 fully saturated rings. The maximum Gasteiger partial charge on any atom is 0.358 e. The van der Waals surface area contributed by atoms with Crippen molar-refractivity contribution in [3.63, 3.8) is 0 Å². The normalized spacial score (nSPS) is 11.4. The molecule has 0 aromatic heterocycles. The van der Waals surface area contributed by atoms with Gasteiger partial charge in [-0.3, -0.25) is 4.28 Å². The number of benzene rings is 2. The van der Waals surface area contributed by atoms with Crippen LogP contribution < -0.4 is 0 Å². The summed E-state index contributed by atoms with van der Waals surface area (Å²) in [6.45, 7) is 0. The molecule has 2 aromatic carbocycles. The van der Waals surface area contributed by atoms with E-state index in [2.05, 4.69) is 9.44 Å². The Hall–Kier alpha value is -2.67. The average Bonchev–Trinajstić information content (AvgIpc) is 2.48. The van der Waals surface area contributed by atoms with Gasteiger partial charge in [0, 0.05) is 0 Å². The second-order valence-corrected chi connectivity index (χ2v) is 5.53. The van der Waals surface area contributed by atoms with Gasteiger partial charge in [0.15, 0.2) is 0 Å². The molecule has 0 aliphatic carbocycles. The van der Waals surface area contributed by atoms with E-state index in [9.17, 15) is 13.2 Å². The van der Waals surface area contributed by atoms with Crippen LogP contribution in [0.25, 0.3) is 0 Å². The Morgan fingerprint density at radius 1 is 1.05 bits per heavy atom. The van der Waals surface area contributed by atoms with Gasteiger partial charge < -0.3 is 5.11 Å². The molecule has 0 heterocycles. The van der Waals surface area contributed by atoms with Crippen LogP contribution in [-0.4, -0.2) is 25.7 Å². The number of rotatable bonds is 5. The van der Waals surface area contributed by atoms with Gasteiger partial charge in [-0.25, -0.2) is 4.79 Å². The fourth-order valence-corrected chi connectivity index (χ4v) is 2.20. The topological polar surface area (TPSA) is 93.0 Å². The SMILES string of the molecule is O=C(O)c1ccc(S(=O)(=O)ON=Cc2ccccc2)cc1. The van der Waals surface area contributed by atoms with Crippen LogP contribution in [0.2, 0.25) is 0 Å². The van der Waals surface area contributed by atoms with E-state index in [1.54, 1.807) is 24.3 Å². The van der Waals surface area contributed by atoms with Crippen molar-refractivity contribution in [3.05, 3.63) is 65.7 Å². The third kappa shape index (κ3) is 3.90. The van der Waals surface area contributed by atoms with Crippen LogP contribution in [0, 0.1) is 0 Å². The molecule has 2 rings (SSSR count). The van der Waals surface area contributed by atoms with Crippen molar-refractivity contribution in [3.8, 4) is 0 Å². The minimum Gasteiger partial charge on any atom is -0.478 e. The highest BCUT2D eigenvalue weighted by Crippen LogP contribution is 2.14. The van der Waals surface area contributed by atoms with E-state index in [0.29, 0.717) is 5.56 Å². The van der Waals surface area contributed by atoms with Crippen LogP contribution in [-0.2, 0) is 14.4 Å². The van der Waals surface area contributed by atoms with Crippen LogP contribution in [0.4, 0.5) is 0 Å². The smallest absolute Gasteiger partial charge is 0.358 e. The molecule has 1 N–H and O–H groups in total. The number of carbonyl (C=O) groups is 1. The predicted molar refractivity (Wildman–Crippen MR) is 75.7 cm³/mol. The summed E-state index contributed by atoms with van der Waals surface area (Å²) in [5.41, 5.74) is 0.677. The Labute approximate surface area is 121 Å². The number of aromatic carboxylic acids is 1. The monoisotopic (exact) mass is 305 g/mol. The first kappa shape index (κ1) is 14.7. The van der Waals surface area contributed by atoms with Crippen LogP contribution in [0.5, 0.6) is 0 Å². The highest BCUT2D eigenvalue weighted by molar-refractivity contribution is 7.86. The zero-order valence-electron chi connectivity index (χ0n) is 10.7. The molecule has 0 saturated heterocycles. The lowest BCUT2D eigenvalue weighted by Gasteiger charge is -2.01. The summed E-state index contributed by atoms with van der Waals surface area (Å²) in [4.78, 5) is 10.5. The van der Waals surface area contributed by atoms with Crippen molar-refractivity contribution in [1.29, 1.82) is 0 Å². The second-order valence-electron chi connectivity index (χ2n) is 4.00. The standard InChI is InChI=1S/C14H11NO5S/c16-14(17)12-6-8-13(9-7-12)21(18,19)20-15-10-11-4-2-1-3-5-11/h1-10H,(H,16,17). The van der Waals surface area contributed by atoms with E-state index in [1.165, 1.54) is 18.3 Å². The highest BCUT2D eigenvalue weighted by atomic mass is 32.2. The van der Waals surface area contributed by atoms with Crippen LogP contribution in [0.1, 0.15) is 15.9 Å². The average molecular weight is 305 g/mol. The molecule has 0 radical (unpaired) electrons. The predicted octanol–water partition coefficient (Wildman–Crippen LogP) is 2.12. The van der Waals surface area contributed by atoms with Crippen molar-refractivity contribution in [2.45, 2.75) is 4.90 Å². The molecule has 0 spiro atoms. The zero-order valence-corrected chi connectivity index (χ0v) is 11.5. The van der Waals surface area contributed by atoms with Gasteiger partial charge in [0.2, 0.25) is 0 Å². The van der Waals surface area contributed by atoms with E-state index < -0.39 is 16.1 Å². The van der Waals surface area contributed by atoms with Gasteiger partial charge in [0.05, 0.1) is 11.8 Å². The Balaban J connectivity index is 2.11. The molecule has 6 nitrogen and oxygen atoms in total. The van der Waals surface area contributed by atoms with Crippen molar-refractivity contribution in [1.82, 2.24) is 0 Å². The third-order valence-electron chi connectivity index (χ3n) is 2.53. The Bertz CT molecular complexity index is 752. The quantitative estimate of drug-likeness (QED) is 0.674. The molecule has 0 saturated carbocycles. The summed E-state index contributed by atoms with van der Waals surface area (Å²) in [5.74, 6) is -1.14. The van der Waals surface area contributed by atoms with E-state index in [0.717, 1.165) is 12.1 Å². The molecule has 2 aromatic rings. The van der Waals surface area contributed by atoms with Gasteiger partial charge in [-0.1, -0.05) is 35.5 Å². The molecule has 0 amide bonds. The van der Waals surface area contributed by atoms with Gasteiger partial charge in [-0.2, -0.15) is 8.42 Å². The molecule has 7 heteroatoms. The largest absolute Gasteiger partial charge is 0.478 e. The Morgan fingerprint density at radius 2 is 1.67 bits per heavy atom. The lowest BCUT2D eigenvalue weighted by molar-refractivity contribution is 0.0696. The minimum absolute atomic E-state index is 0.0123. The maximum absolute atomic E-state index is 11.8. The lowest BCUT2D eigenvalue weighted by atomic mass is 10.2. The van der Waals surface area contributed by atoms with E-state index in [-0.39, 0.29) is 10.5 Å². The molecule has 0 aliphatic heterocycles. The van der Waals surface area contributed by atoms with Gasteiger partial charge in [-0.15, -0.1) is 0 Å². The Kier molecular flexibility index (Phi) is 4.34. The maximum atomic E-state index is 11.8. The molecule has 21 heavy (non-hydrogen) atoms. The van der Waals surface area contributed by atoms with Crippen molar-refractivity contribution in [2.24, 2.45) is 5.16 Å². The van der Waals surface area contributed by atoms with Gasteiger partial charge in [-0.05, 0) is 29.8 Å². The van der Waals surface area contributed by atoms with E-state index in [4.69, 9.17) is 5.11 Å². The highest BCUT2D eigenvalue weighted by Gasteiger charge is 2.16. The summed E-state index contributed by atoms with van der Waals surface area (Å²) >= 11 is 0. The summed E-state index contributed by atoms with van der Waals surface area (Å²) in [6, 6.07) is 13.5. The first-order chi connectivity index (χ1) is 9.99. The summed E-state index contributed by atoms with van der Waals surface area (Å²) in [7, 11) is -4.06. The molecule has 0 bridgehead atoms. The third-order valence-corrected chi connectivity index (χ3v) is 3.66. The fourth-order valence-electron chi connectivity index (χ4n) is 1.49. The summed E-state index contributed by atoms with van der Waals surface area (Å²) in [5, 5.41) is 12.2. The second kappa shape index (κ2) is 6.19. The molecule has 0 aliphatic rings. The van der Waals surface area contributed by atoms with Gasteiger partial charge in [0.25, 0.3) is 0 Å². The Morgan fingerprint density at radius 3 is 2.24 bits per heavy atom. The first-order valence-corrected chi connectivity index (χ1v) is 7.25.